The Bertz CT molecular complexity index is 801. The molecule has 0 bridgehead atoms. The quantitative estimate of drug-likeness (QED) is 0.596. The Kier molecular flexibility index (Phi) is 5.41. The number of amides is 1. The second-order valence-electron chi connectivity index (χ2n) is 5.81. The van der Waals surface area contributed by atoms with Crippen molar-refractivity contribution in [3.05, 3.63) is 17.3 Å². The van der Waals surface area contributed by atoms with Crippen LogP contribution in [-0.2, 0) is 10.2 Å². The maximum absolute atomic E-state index is 12.7. The first-order valence-electron chi connectivity index (χ1n) is 8.09. The molecule has 0 atom stereocenters. The minimum absolute atomic E-state index is 0.0685. The lowest BCUT2D eigenvalue weighted by Crippen LogP contribution is -2.68. The number of piperazine rings is 1. The van der Waals surface area contributed by atoms with E-state index in [0.29, 0.717) is 25.5 Å². The average molecular weight is 404 g/mol. The van der Waals surface area contributed by atoms with Crippen molar-refractivity contribution in [3.63, 3.8) is 0 Å². The number of nitrogens with two attached hydrogens (primary N) is 1. The summed E-state index contributed by atoms with van der Waals surface area (Å²) in [4.78, 5) is 15.5. The van der Waals surface area contributed by atoms with Crippen molar-refractivity contribution in [2.45, 2.75) is 6.92 Å². The van der Waals surface area contributed by atoms with Gasteiger partial charge in [0.15, 0.2) is 0 Å². The largest absolute Gasteiger partial charge is 0.395 e. The van der Waals surface area contributed by atoms with Gasteiger partial charge in [0.1, 0.15) is 0 Å². The number of nitrogens with zero attached hydrogens (tertiary/aromatic N) is 6. The maximum atomic E-state index is 12.7. The van der Waals surface area contributed by atoms with E-state index >= 15 is 0 Å². The molecule has 3 rings (SSSR count). The SMILES string of the molecule is CCN(C)S(=O)(=O)N1CCN([n+]2noc(N)c2C(=O)N2C=CSC2)CC1. The van der Waals surface area contributed by atoms with Crippen molar-refractivity contribution >= 4 is 33.8 Å². The van der Waals surface area contributed by atoms with E-state index in [1.54, 1.807) is 25.2 Å². The number of carbonyl (C=O) groups excluding carboxylic acids is 1. The Morgan fingerprint density at radius 3 is 2.69 bits per heavy atom. The van der Waals surface area contributed by atoms with Gasteiger partial charge < -0.3 is 5.73 Å². The van der Waals surface area contributed by atoms with Crippen molar-refractivity contribution in [1.29, 1.82) is 0 Å². The molecular formula is C13H22N7O4S2+. The normalized spacial score (nSPS) is 18.9. The van der Waals surface area contributed by atoms with Crippen molar-refractivity contribution in [2.24, 2.45) is 0 Å². The fourth-order valence-electron chi connectivity index (χ4n) is 2.65. The van der Waals surface area contributed by atoms with Crippen LogP contribution in [0.1, 0.15) is 17.4 Å². The van der Waals surface area contributed by atoms with Gasteiger partial charge in [-0.2, -0.15) is 17.0 Å². The molecule has 0 spiro atoms. The summed E-state index contributed by atoms with van der Waals surface area (Å²) in [6, 6.07) is 0. The van der Waals surface area contributed by atoms with Crippen molar-refractivity contribution in [3.8, 4) is 0 Å². The van der Waals surface area contributed by atoms with Gasteiger partial charge in [-0.1, -0.05) is 6.92 Å². The number of rotatable bonds is 5. The summed E-state index contributed by atoms with van der Waals surface area (Å²) in [5, 5.41) is 7.42. The van der Waals surface area contributed by atoms with Gasteiger partial charge >= 0.3 is 17.5 Å². The van der Waals surface area contributed by atoms with Crippen LogP contribution in [0.3, 0.4) is 0 Å². The molecular weight excluding hydrogens is 382 g/mol. The number of carbonyl (C=O) groups is 1. The van der Waals surface area contributed by atoms with Gasteiger partial charge in [-0.15, -0.1) is 16.8 Å². The summed E-state index contributed by atoms with van der Waals surface area (Å²) in [5.41, 5.74) is 5.94. The monoisotopic (exact) mass is 404 g/mol. The zero-order chi connectivity index (χ0) is 18.9. The fourth-order valence-corrected chi connectivity index (χ4v) is 4.68. The van der Waals surface area contributed by atoms with Gasteiger partial charge in [-0.3, -0.25) is 14.2 Å². The second-order valence-corrected chi connectivity index (χ2v) is 8.70. The number of thioether (sulfide) groups is 1. The van der Waals surface area contributed by atoms with E-state index in [-0.39, 0.29) is 30.6 Å². The van der Waals surface area contributed by atoms with E-state index in [1.807, 2.05) is 5.41 Å². The van der Waals surface area contributed by atoms with Crippen molar-refractivity contribution < 1.29 is 22.5 Å². The lowest BCUT2D eigenvalue weighted by atomic mass is 10.4. The highest BCUT2D eigenvalue weighted by atomic mass is 32.2. The Balaban J connectivity index is 1.75. The topological polar surface area (TPSA) is 120 Å². The molecule has 144 valence electrons. The number of hydrogen-bond acceptors (Lipinski definition) is 8. The van der Waals surface area contributed by atoms with Gasteiger partial charge in [-0.25, -0.2) is 0 Å². The van der Waals surface area contributed by atoms with Crippen LogP contribution in [0.5, 0.6) is 0 Å². The summed E-state index contributed by atoms with van der Waals surface area (Å²) in [6.07, 6.45) is 1.68. The zero-order valence-corrected chi connectivity index (χ0v) is 16.2. The highest BCUT2D eigenvalue weighted by molar-refractivity contribution is 8.02. The first-order chi connectivity index (χ1) is 12.4. The van der Waals surface area contributed by atoms with Crippen molar-refractivity contribution in [1.82, 2.24) is 18.8 Å². The van der Waals surface area contributed by atoms with Gasteiger partial charge in [0.25, 0.3) is 10.2 Å². The molecule has 1 aromatic heterocycles. The highest BCUT2D eigenvalue weighted by Crippen LogP contribution is 2.19. The first-order valence-corrected chi connectivity index (χ1v) is 10.5. The Morgan fingerprint density at radius 1 is 1.42 bits per heavy atom. The van der Waals surface area contributed by atoms with E-state index in [4.69, 9.17) is 10.3 Å². The minimum Gasteiger partial charge on any atom is -0.361 e. The average Bonchev–Trinajstić information content (AvgIpc) is 3.30. The van der Waals surface area contributed by atoms with Crippen LogP contribution in [0.4, 0.5) is 5.88 Å². The van der Waals surface area contributed by atoms with E-state index in [0.717, 1.165) is 0 Å². The van der Waals surface area contributed by atoms with E-state index in [1.165, 1.54) is 30.1 Å². The summed E-state index contributed by atoms with van der Waals surface area (Å²) in [7, 11) is -1.93. The summed E-state index contributed by atoms with van der Waals surface area (Å²) >= 11 is 1.49. The molecule has 2 aliphatic rings. The molecule has 0 aromatic carbocycles. The third kappa shape index (κ3) is 3.39. The maximum Gasteiger partial charge on any atom is 0.395 e. The Labute approximate surface area is 156 Å². The number of aromatic nitrogens is 2. The van der Waals surface area contributed by atoms with E-state index in [2.05, 4.69) is 5.27 Å². The third-order valence-corrected chi connectivity index (χ3v) is 7.12. The predicted octanol–water partition coefficient (Wildman–Crippen LogP) is -1.39. The lowest BCUT2D eigenvalue weighted by molar-refractivity contribution is -0.760. The molecule has 11 nitrogen and oxygen atoms in total. The number of hydrogen-bond donors (Lipinski definition) is 1. The van der Waals surface area contributed by atoms with E-state index in [9.17, 15) is 13.2 Å². The van der Waals surface area contributed by atoms with Crippen LogP contribution in [0, 0.1) is 0 Å². The van der Waals surface area contributed by atoms with Crippen LogP contribution < -0.4 is 15.5 Å². The smallest absolute Gasteiger partial charge is 0.361 e. The molecule has 1 aromatic rings. The third-order valence-electron chi connectivity index (χ3n) is 4.31. The molecule has 0 unspecified atom stereocenters. The highest BCUT2D eigenvalue weighted by Gasteiger charge is 2.40. The molecule has 0 radical (unpaired) electrons. The molecule has 1 fully saturated rings. The summed E-state index contributed by atoms with van der Waals surface area (Å²) < 4.78 is 32.6. The summed E-state index contributed by atoms with van der Waals surface area (Å²) in [6.45, 7) is 3.46. The molecule has 1 amide bonds. The number of anilines is 1. The lowest BCUT2D eigenvalue weighted by Gasteiger charge is -2.32. The molecule has 2 N–H and O–H groups in total. The summed E-state index contributed by atoms with van der Waals surface area (Å²) in [5.74, 6) is 0.116. The Morgan fingerprint density at radius 2 is 2.12 bits per heavy atom. The first kappa shape index (κ1) is 18.9. The zero-order valence-electron chi connectivity index (χ0n) is 14.6. The molecule has 26 heavy (non-hydrogen) atoms. The molecule has 3 heterocycles. The van der Waals surface area contributed by atoms with Crippen molar-refractivity contribution in [2.75, 3.05) is 56.4 Å². The number of nitrogen functional groups attached to an aromatic ring is 1. The molecule has 0 aliphatic carbocycles. The molecule has 13 heteroatoms. The van der Waals surface area contributed by atoms with Gasteiger partial charge in [-0.05, 0) is 5.41 Å². The second kappa shape index (κ2) is 7.42. The van der Waals surface area contributed by atoms with Crippen LogP contribution >= 0.6 is 11.8 Å². The molecule has 1 saturated heterocycles. The van der Waals surface area contributed by atoms with Gasteiger partial charge in [0, 0.05) is 32.9 Å². The van der Waals surface area contributed by atoms with Crippen LogP contribution in [0.15, 0.2) is 16.1 Å². The molecule has 0 saturated carbocycles. The fraction of sp³-hybridized carbons (Fsp3) is 0.615. The van der Waals surface area contributed by atoms with Gasteiger partial charge in [0.05, 0.1) is 23.8 Å². The van der Waals surface area contributed by atoms with Crippen LogP contribution in [-0.4, -0.2) is 78.8 Å². The predicted molar refractivity (Wildman–Crippen MR) is 95.6 cm³/mol. The minimum atomic E-state index is -3.48. The standard InChI is InChI=1S/C13H21N7O4S2/c1-3-16(2)26(22,23)19-6-4-18(5-7-19)20-11(12(14)24-15-20)13(21)17-8-9-25-10-17/h8-9H,3-7,10H2,1-2H3,(H-,14,15,21)/p+1. The molecule has 2 aliphatic heterocycles. The van der Waals surface area contributed by atoms with E-state index < -0.39 is 10.2 Å². The van der Waals surface area contributed by atoms with Crippen LogP contribution in [0.25, 0.3) is 0 Å². The van der Waals surface area contributed by atoms with Crippen LogP contribution in [0.2, 0.25) is 0 Å². The van der Waals surface area contributed by atoms with Gasteiger partial charge in [0.2, 0.25) is 5.27 Å². The Hall–Kier alpha value is -1.83.